The minimum absolute atomic E-state index is 0.0556. The van der Waals surface area contributed by atoms with Gasteiger partial charge in [0.05, 0.1) is 18.3 Å². The second-order valence-corrected chi connectivity index (χ2v) is 6.08. The summed E-state index contributed by atoms with van der Waals surface area (Å²) >= 11 is 0. The second-order valence-electron chi connectivity index (χ2n) is 6.08. The van der Waals surface area contributed by atoms with Gasteiger partial charge in [-0.05, 0) is 31.6 Å². The summed E-state index contributed by atoms with van der Waals surface area (Å²) in [5, 5.41) is 9.74. The molecule has 2 heteroatoms. The molecule has 0 aromatic carbocycles. The molecule has 0 aromatic heterocycles. The molecule has 1 aliphatic rings. The third kappa shape index (κ3) is 3.21. The molecule has 0 spiro atoms. The Hall–Kier alpha value is -0.0800. The minimum atomic E-state index is -0.292. The van der Waals surface area contributed by atoms with Crippen LogP contribution in [0.2, 0.25) is 0 Å². The van der Waals surface area contributed by atoms with E-state index in [0.29, 0.717) is 6.61 Å². The van der Waals surface area contributed by atoms with E-state index in [2.05, 4.69) is 27.7 Å². The number of ether oxygens (including phenoxy) is 1. The monoisotopic (exact) mass is 228 g/mol. The summed E-state index contributed by atoms with van der Waals surface area (Å²) in [7, 11) is 0. The van der Waals surface area contributed by atoms with Crippen LogP contribution in [0, 0.1) is 5.41 Å². The quantitative estimate of drug-likeness (QED) is 0.780. The predicted molar refractivity (Wildman–Crippen MR) is 67.5 cm³/mol. The molecule has 0 aliphatic heterocycles. The fourth-order valence-electron chi connectivity index (χ4n) is 2.60. The molecule has 0 saturated heterocycles. The van der Waals surface area contributed by atoms with Crippen molar-refractivity contribution in [3.05, 3.63) is 0 Å². The zero-order chi connectivity index (χ0) is 12.2. The van der Waals surface area contributed by atoms with E-state index in [1.54, 1.807) is 0 Å². The van der Waals surface area contributed by atoms with E-state index < -0.39 is 0 Å². The van der Waals surface area contributed by atoms with Crippen LogP contribution in [-0.2, 0) is 4.74 Å². The van der Waals surface area contributed by atoms with E-state index in [-0.39, 0.29) is 17.1 Å². The SMILES string of the molecule is CCCC(O)COC1(C)CCCCC1(C)C. The van der Waals surface area contributed by atoms with Crippen molar-refractivity contribution in [2.75, 3.05) is 6.61 Å². The van der Waals surface area contributed by atoms with E-state index >= 15 is 0 Å². The number of rotatable bonds is 5. The Morgan fingerprint density at radius 2 is 1.81 bits per heavy atom. The van der Waals surface area contributed by atoms with Crippen molar-refractivity contribution in [1.29, 1.82) is 0 Å². The number of hydrogen-bond donors (Lipinski definition) is 1. The van der Waals surface area contributed by atoms with E-state index in [1.165, 1.54) is 19.3 Å². The average molecular weight is 228 g/mol. The Morgan fingerprint density at radius 1 is 1.19 bits per heavy atom. The molecule has 1 N–H and O–H groups in total. The summed E-state index contributed by atoms with van der Waals surface area (Å²) in [6.07, 6.45) is 6.49. The van der Waals surface area contributed by atoms with E-state index in [4.69, 9.17) is 4.74 Å². The van der Waals surface area contributed by atoms with E-state index in [1.807, 2.05) is 0 Å². The van der Waals surface area contributed by atoms with E-state index in [9.17, 15) is 5.11 Å². The van der Waals surface area contributed by atoms with Gasteiger partial charge in [-0.2, -0.15) is 0 Å². The van der Waals surface area contributed by atoms with Gasteiger partial charge in [-0.3, -0.25) is 0 Å². The highest BCUT2D eigenvalue weighted by molar-refractivity contribution is 4.94. The van der Waals surface area contributed by atoms with E-state index in [0.717, 1.165) is 19.3 Å². The van der Waals surface area contributed by atoms with Gasteiger partial charge in [-0.25, -0.2) is 0 Å². The Labute approximate surface area is 100 Å². The molecule has 1 fully saturated rings. The van der Waals surface area contributed by atoms with Crippen LogP contribution in [0.5, 0.6) is 0 Å². The normalized spacial score (nSPS) is 31.3. The van der Waals surface area contributed by atoms with Crippen molar-refractivity contribution in [1.82, 2.24) is 0 Å². The first-order chi connectivity index (χ1) is 7.41. The van der Waals surface area contributed by atoms with Crippen molar-refractivity contribution >= 4 is 0 Å². The van der Waals surface area contributed by atoms with Crippen molar-refractivity contribution in [3.8, 4) is 0 Å². The van der Waals surface area contributed by atoms with Crippen LogP contribution in [0.4, 0.5) is 0 Å². The van der Waals surface area contributed by atoms with Crippen LogP contribution in [0.1, 0.15) is 66.2 Å². The summed E-state index contributed by atoms with van der Waals surface area (Å²) < 4.78 is 6.05. The number of aliphatic hydroxyl groups is 1. The molecular weight excluding hydrogens is 200 g/mol. The Bertz CT molecular complexity index is 213. The first-order valence-corrected chi connectivity index (χ1v) is 6.73. The van der Waals surface area contributed by atoms with Crippen molar-refractivity contribution in [2.24, 2.45) is 5.41 Å². The fraction of sp³-hybridized carbons (Fsp3) is 1.00. The molecule has 1 rings (SSSR count). The standard InChI is InChI=1S/C14H28O2/c1-5-8-12(15)11-16-14(4)10-7-6-9-13(14,2)3/h12,15H,5-11H2,1-4H3. The Balaban J connectivity index is 2.49. The molecule has 0 aromatic rings. The van der Waals surface area contributed by atoms with Gasteiger partial charge in [-0.1, -0.05) is 40.0 Å². The molecule has 2 atom stereocenters. The summed E-state index contributed by atoms with van der Waals surface area (Å²) in [4.78, 5) is 0. The van der Waals surface area contributed by atoms with Gasteiger partial charge >= 0.3 is 0 Å². The van der Waals surface area contributed by atoms with Crippen LogP contribution in [0.3, 0.4) is 0 Å². The topological polar surface area (TPSA) is 29.5 Å². The molecule has 0 heterocycles. The summed E-state index contributed by atoms with van der Waals surface area (Å²) in [5.41, 5.74) is 0.178. The van der Waals surface area contributed by atoms with Gasteiger partial charge in [0.15, 0.2) is 0 Å². The van der Waals surface area contributed by atoms with Crippen molar-refractivity contribution < 1.29 is 9.84 Å². The molecule has 0 radical (unpaired) electrons. The molecular formula is C14H28O2. The highest BCUT2D eigenvalue weighted by Gasteiger charge is 2.43. The van der Waals surface area contributed by atoms with Crippen LogP contribution < -0.4 is 0 Å². The largest absolute Gasteiger partial charge is 0.391 e. The maximum atomic E-state index is 9.74. The first-order valence-electron chi connectivity index (χ1n) is 6.73. The molecule has 96 valence electrons. The zero-order valence-electron chi connectivity index (χ0n) is 11.4. The van der Waals surface area contributed by atoms with Crippen LogP contribution in [0.15, 0.2) is 0 Å². The second kappa shape index (κ2) is 5.50. The molecule has 2 nitrogen and oxygen atoms in total. The lowest BCUT2D eigenvalue weighted by atomic mass is 9.66. The average Bonchev–Trinajstić information content (AvgIpc) is 2.20. The zero-order valence-corrected chi connectivity index (χ0v) is 11.4. The predicted octanol–water partition coefficient (Wildman–Crippen LogP) is 3.52. The molecule has 2 unspecified atom stereocenters. The summed E-state index contributed by atoms with van der Waals surface area (Å²) in [6, 6.07) is 0. The molecule has 16 heavy (non-hydrogen) atoms. The van der Waals surface area contributed by atoms with Gasteiger partial charge in [-0.15, -0.1) is 0 Å². The maximum Gasteiger partial charge on any atom is 0.0773 e. The van der Waals surface area contributed by atoms with Crippen LogP contribution >= 0.6 is 0 Å². The number of hydrogen-bond acceptors (Lipinski definition) is 2. The third-order valence-corrected chi connectivity index (χ3v) is 4.35. The van der Waals surface area contributed by atoms with Gasteiger partial charge < -0.3 is 9.84 Å². The Kier molecular flexibility index (Phi) is 4.81. The third-order valence-electron chi connectivity index (χ3n) is 4.35. The van der Waals surface area contributed by atoms with Gasteiger partial charge in [0.25, 0.3) is 0 Å². The highest BCUT2D eigenvalue weighted by atomic mass is 16.5. The fourth-order valence-corrected chi connectivity index (χ4v) is 2.60. The van der Waals surface area contributed by atoms with Crippen LogP contribution in [0.25, 0.3) is 0 Å². The van der Waals surface area contributed by atoms with Crippen molar-refractivity contribution in [3.63, 3.8) is 0 Å². The first kappa shape index (κ1) is 14.0. The molecule has 0 bridgehead atoms. The minimum Gasteiger partial charge on any atom is -0.391 e. The van der Waals surface area contributed by atoms with Crippen molar-refractivity contribution in [2.45, 2.75) is 77.9 Å². The lowest BCUT2D eigenvalue weighted by molar-refractivity contribution is -0.151. The summed E-state index contributed by atoms with van der Waals surface area (Å²) in [5.74, 6) is 0. The van der Waals surface area contributed by atoms with Gasteiger partial charge in [0.1, 0.15) is 0 Å². The lowest BCUT2D eigenvalue weighted by Crippen LogP contribution is -2.48. The summed E-state index contributed by atoms with van der Waals surface area (Å²) in [6.45, 7) is 9.38. The van der Waals surface area contributed by atoms with Crippen LogP contribution in [-0.4, -0.2) is 23.4 Å². The maximum absolute atomic E-state index is 9.74. The van der Waals surface area contributed by atoms with Gasteiger partial charge in [0.2, 0.25) is 0 Å². The molecule has 1 aliphatic carbocycles. The van der Waals surface area contributed by atoms with Gasteiger partial charge in [0, 0.05) is 0 Å². The number of aliphatic hydroxyl groups excluding tert-OH is 1. The molecule has 0 amide bonds. The lowest BCUT2D eigenvalue weighted by Gasteiger charge is -2.48. The Morgan fingerprint density at radius 3 is 2.38 bits per heavy atom. The molecule has 1 saturated carbocycles. The highest BCUT2D eigenvalue weighted by Crippen LogP contribution is 2.45. The smallest absolute Gasteiger partial charge is 0.0773 e.